The molecule has 0 fully saturated rings. The molecule has 200 valence electrons. The molecule has 3 rings (SSSR count). The van der Waals surface area contributed by atoms with Gasteiger partial charge in [-0.15, -0.1) is 5.10 Å². The molecular formula is C30H43N3O3Si. The average molecular weight is 522 g/mol. The lowest BCUT2D eigenvalue weighted by Crippen LogP contribution is -2.40. The molecule has 0 spiro atoms. The Morgan fingerprint density at radius 2 is 1.81 bits per heavy atom. The van der Waals surface area contributed by atoms with Gasteiger partial charge in [-0.3, -0.25) is 9.48 Å². The molecule has 0 bridgehead atoms. The number of rotatable bonds is 12. The summed E-state index contributed by atoms with van der Waals surface area (Å²) < 4.78 is 14.0. The van der Waals surface area contributed by atoms with Gasteiger partial charge in [0.2, 0.25) is 0 Å². The van der Waals surface area contributed by atoms with E-state index in [1.807, 2.05) is 48.1 Å². The lowest BCUT2D eigenvalue weighted by Gasteiger charge is -2.36. The second-order valence-electron chi connectivity index (χ2n) is 11.4. The van der Waals surface area contributed by atoms with Gasteiger partial charge in [0, 0.05) is 12.7 Å². The van der Waals surface area contributed by atoms with Crippen molar-refractivity contribution in [2.75, 3.05) is 0 Å². The smallest absolute Gasteiger partial charge is 0.306 e. The highest BCUT2D eigenvalue weighted by Crippen LogP contribution is 2.37. The van der Waals surface area contributed by atoms with Crippen LogP contribution in [0.25, 0.3) is 0 Å². The number of hydrogen-bond donors (Lipinski definition) is 0. The standard InChI is InChI=1S/C30H43N3O3Si/c1-8-33-20-28(31-32-33)17-16-26(19-29(34)35-21-24-12-10-9-11-13-24)25-15-14-23(2)27(18-25)22-36-37(6,7)30(3,4)5/h9-15,18,20,26H,8,16-17,19,21-22H2,1-7H3. The Hall–Kier alpha value is -2.77. The van der Waals surface area contributed by atoms with Gasteiger partial charge in [0.15, 0.2) is 8.32 Å². The molecule has 3 aromatic rings. The number of esters is 1. The number of carbonyl (C=O) groups excluding carboxylic acids is 1. The number of aryl methyl sites for hydroxylation is 3. The van der Waals surface area contributed by atoms with Crippen molar-refractivity contribution >= 4 is 14.3 Å². The Morgan fingerprint density at radius 3 is 2.46 bits per heavy atom. The van der Waals surface area contributed by atoms with E-state index in [2.05, 4.69) is 69.3 Å². The van der Waals surface area contributed by atoms with Crippen molar-refractivity contribution in [3.05, 3.63) is 82.7 Å². The van der Waals surface area contributed by atoms with Gasteiger partial charge < -0.3 is 9.16 Å². The van der Waals surface area contributed by atoms with E-state index in [9.17, 15) is 4.79 Å². The zero-order chi connectivity index (χ0) is 27.1. The van der Waals surface area contributed by atoms with Gasteiger partial charge in [-0.05, 0) is 73.0 Å². The second kappa shape index (κ2) is 12.7. The second-order valence-corrected chi connectivity index (χ2v) is 16.2. The highest BCUT2D eigenvalue weighted by atomic mass is 28.4. The van der Waals surface area contributed by atoms with E-state index in [-0.39, 0.29) is 23.5 Å². The number of benzene rings is 2. The van der Waals surface area contributed by atoms with Gasteiger partial charge >= 0.3 is 5.97 Å². The Morgan fingerprint density at radius 1 is 1.08 bits per heavy atom. The zero-order valence-corrected chi connectivity index (χ0v) is 24.6. The third kappa shape index (κ3) is 8.37. The lowest BCUT2D eigenvalue weighted by atomic mass is 9.88. The summed E-state index contributed by atoms with van der Waals surface area (Å²) in [5.74, 6) is -0.173. The minimum Gasteiger partial charge on any atom is -0.461 e. The molecule has 0 N–H and O–H groups in total. The molecule has 0 saturated heterocycles. The van der Waals surface area contributed by atoms with Gasteiger partial charge in [0.05, 0.1) is 18.7 Å². The predicted molar refractivity (Wildman–Crippen MR) is 151 cm³/mol. The molecule has 0 aliphatic rings. The molecule has 0 aliphatic carbocycles. The van der Waals surface area contributed by atoms with E-state index < -0.39 is 8.32 Å². The van der Waals surface area contributed by atoms with Crippen molar-refractivity contribution in [3.63, 3.8) is 0 Å². The zero-order valence-electron chi connectivity index (χ0n) is 23.6. The number of nitrogens with zero attached hydrogens (tertiary/aromatic N) is 3. The van der Waals surface area contributed by atoms with Crippen molar-refractivity contribution in [2.24, 2.45) is 0 Å². The van der Waals surface area contributed by atoms with E-state index in [4.69, 9.17) is 9.16 Å². The van der Waals surface area contributed by atoms with Crippen LogP contribution in [0, 0.1) is 6.92 Å². The summed E-state index contributed by atoms with van der Waals surface area (Å²) in [5.41, 5.74) is 5.46. The average Bonchev–Trinajstić information content (AvgIpc) is 3.33. The van der Waals surface area contributed by atoms with E-state index >= 15 is 0 Å². The van der Waals surface area contributed by atoms with Crippen LogP contribution in [-0.4, -0.2) is 29.3 Å². The molecule has 0 aliphatic heterocycles. The first-order chi connectivity index (χ1) is 17.5. The molecule has 7 heteroatoms. The molecular weight excluding hydrogens is 478 g/mol. The minimum absolute atomic E-state index is 0.0160. The third-order valence-electron chi connectivity index (χ3n) is 7.55. The van der Waals surface area contributed by atoms with Gasteiger partial charge in [-0.2, -0.15) is 0 Å². The number of ether oxygens (including phenoxy) is 1. The van der Waals surface area contributed by atoms with Crippen LogP contribution in [-0.2, 0) is 40.1 Å². The first kappa shape index (κ1) is 28.8. The molecule has 1 aromatic heterocycles. The molecule has 2 aromatic carbocycles. The summed E-state index contributed by atoms with van der Waals surface area (Å²) in [6.07, 6.45) is 3.84. The molecule has 1 heterocycles. The monoisotopic (exact) mass is 521 g/mol. The Bertz CT molecular complexity index is 1150. The van der Waals surface area contributed by atoms with Crippen LogP contribution in [0.4, 0.5) is 0 Å². The van der Waals surface area contributed by atoms with Crippen molar-refractivity contribution in [2.45, 2.75) is 97.7 Å². The molecule has 0 saturated carbocycles. The summed E-state index contributed by atoms with van der Waals surface area (Å²) in [4.78, 5) is 12.9. The van der Waals surface area contributed by atoms with Crippen molar-refractivity contribution in [3.8, 4) is 0 Å². The van der Waals surface area contributed by atoms with E-state index in [1.54, 1.807) is 0 Å². The first-order valence-electron chi connectivity index (χ1n) is 13.3. The van der Waals surface area contributed by atoms with E-state index in [0.29, 0.717) is 13.0 Å². The summed E-state index contributed by atoms with van der Waals surface area (Å²) >= 11 is 0. The topological polar surface area (TPSA) is 66.2 Å². The van der Waals surface area contributed by atoms with Crippen LogP contribution < -0.4 is 0 Å². The number of aromatic nitrogens is 3. The Labute approximate surface area is 223 Å². The molecule has 6 nitrogen and oxygen atoms in total. The fourth-order valence-electron chi connectivity index (χ4n) is 3.89. The van der Waals surface area contributed by atoms with Crippen LogP contribution >= 0.6 is 0 Å². The third-order valence-corrected chi connectivity index (χ3v) is 12.0. The van der Waals surface area contributed by atoms with Crippen molar-refractivity contribution < 1.29 is 14.0 Å². The van der Waals surface area contributed by atoms with Crippen LogP contribution in [0.15, 0.2) is 54.7 Å². The number of carbonyl (C=O) groups is 1. The Balaban J connectivity index is 1.76. The van der Waals surface area contributed by atoms with Crippen LogP contribution in [0.1, 0.15) is 74.4 Å². The highest BCUT2D eigenvalue weighted by Gasteiger charge is 2.37. The van der Waals surface area contributed by atoms with Gasteiger partial charge in [-0.25, -0.2) is 0 Å². The van der Waals surface area contributed by atoms with E-state index in [1.165, 1.54) is 11.1 Å². The van der Waals surface area contributed by atoms with Gasteiger partial charge in [-0.1, -0.05) is 74.5 Å². The lowest BCUT2D eigenvalue weighted by molar-refractivity contribution is -0.145. The molecule has 1 unspecified atom stereocenters. The predicted octanol–water partition coefficient (Wildman–Crippen LogP) is 6.98. The SMILES string of the molecule is CCn1cc(CCC(CC(=O)OCc2ccccc2)c2ccc(C)c(CO[Si](C)(C)C(C)(C)C)c2)nn1. The van der Waals surface area contributed by atoms with Crippen molar-refractivity contribution in [1.29, 1.82) is 0 Å². The maximum Gasteiger partial charge on any atom is 0.306 e. The minimum atomic E-state index is -1.88. The summed E-state index contributed by atoms with van der Waals surface area (Å²) in [7, 11) is -1.88. The largest absolute Gasteiger partial charge is 0.461 e. The summed E-state index contributed by atoms with van der Waals surface area (Å²) in [6, 6.07) is 16.3. The maximum atomic E-state index is 12.9. The number of hydrogen-bond acceptors (Lipinski definition) is 5. The highest BCUT2D eigenvalue weighted by molar-refractivity contribution is 6.74. The summed E-state index contributed by atoms with van der Waals surface area (Å²) in [5, 5.41) is 8.62. The normalized spacial score (nSPS) is 12.9. The summed E-state index contributed by atoms with van der Waals surface area (Å²) in [6.45, 7) is 17.2. The maximum absolute atomic E-state index is 12.9. The van der Waals surface area contributed by atoms with Crippen molar-refractivity contribution in [1.82, 2.24) is 15.0 Å². The fourth-order valence-corrected chi connectivity index (χ4v) is 4.84. The van der Waals surface area contributed by atoms with Crippen LogP contribution in [0.2, 0.25) is 18.1 Å². The molecule has 37 heavy (non-hydrogen) atoms. The molecule has 0 radical (unpaired) electrons. The van der Waals surface area contributed by atoms with Crippen LogP contribution in [0.3, 0.4) is 0 Å². The molecule has 1 atom stereocenters. The van der Waals surface area contributed by atoms with Gasteiger partial charge in [0.25, 0.3) is 0 Å². The van der Waals surface area contributed by atoms with E-state index in [0.717, 1.165) is 36.2 Å². The van der Waals surface area contributed by atoms with Crippen LogP contribution in [0.5, 0.6) is 0 Å². The first-order valence-corrected chi connectivity index (χ1v) is 16.2. The Kier molecular flexibility index (Phi) is 9.85. The van der Waals surface area contributed by atoms with Gasteiger partial charge in [0.1, 0.15) is 6.61 Å². The molecule has 0 amide bonds. The quantitative estimate of drug-likeness (QED) is 0.190. The fraction of sp³-hybridized carbons (Fsp3) is 0.500.